The van der Waals surface area contributed by atoms with Crippen LogP contribution in [0.15, 0.2) is 18.7 Å². The number of rotatable bonds is 4. The lowest BCUT2D eigenvalue weighted by Crippen LogP contribution is -2.19. The molecule has 0 saturated heterocycles. The molecule has 0 saturated carbocycles. The van der Waals surface area contributed by atoms with E-state index in [2.05, 4.69) is 25.3 Å². The number of hydrogen-bond acceptors (Lipinski definition) is 5. The van der Waals surface area contributed by atoms with Gasteiger partial charge in [-0.15, -0.1) is 0 Å². The lowest BCUT2D eigenvalue weighted by molar-refractivity contribution is 0.766. The Morgan fingerprint density at radius 2 is 2.17 bits per heavy atom. The van der Waals surface area contributed by atoms with Crippen molar-refractivity contribution in [3.63, 3.8) is 0 Å². The highest BCUT2D eigenvalue weighted by Gasteiger charge is 2.11. The highest BCUT2D eigenvalue weighted by atomic mass is 15.2. The number of nitrogens with zero attached hydrogens (tertiary/aromatic N) is 5. The van der Waals surface area contributed by atoms with Gasteiger partial charge < -0.3 is 10.2 Å². The Morgan fingerprint density at radius 1 is 1.39 bits per heavy atom. The molecular formula is C12H18N6. The normalized spacial score (nSPS) is 10.4. The molecule has 2 aromatic rings. The third-order valence-corrected chi connectivity index (χ3v) is 2.83. The van der Waals surface area contributed by atoms with Gasteiger partial charge in [-0.25, -0.2) is 9.97 Å². The van der Waals surface area contributed by atoms with Crippen molar-refractivity contribution in [1.29, 1.82) is 0 Å². The first-order valence-corrected chi connectivity index (χ1v) is 5.80. The van der Waals surface area contributed by atoms with Gasteiger partial charge in [-0.3, -0.25) is 4.68 Å². The zero-order valence-electron chi connectivity index (χ0n) is 11.2. The monoisotopic (exact) mass is 246 g/mol. The predicted octanol–water partition coefficient (Wildman–Crippen LogP) is 1.20. The number of anilines is 2. The number of aryl methyl sites for hydroxylation is 1. The maximum absolute atomic E-state index is 4.34. The van der Waals surface area contributed by atoms with Gasteiger partial charge in [0.1, 0.15) is 18.0 Å². The van der Waals surface area contributed by atoms with E-state index in [1.54, 1.807) is 11.0 Å². The Balaban J connectivity index is 2.21. The van der Waals surface area contributed by atoms with Crippen LogP contribution < -0.4 is 10.2 Å². The minimum absolute atomic E-state index is 0.773. The van der Waals surface area contributed by atoms with Crippen molar-refractivity contribution < 1.29 is 0 Å². The van der Waals surface area contributed by atoms with Gasteiger partial charge in [0.05, 0.1) is 6.20 Å². The van der Waals surface area contributed by atoms with Crippen LogP contribution in [-0.2, 0) is 13.6 Å². The summed E-state index contributed by atoms with van der Waals surface area (Å²) in [5, 5.41) is 7.23. The Bertz CT molecular complexity index is 533. The molecule has 0 unspecified atom stereocenters. The molecule has 2 heterocycles. The summed E-state index contributed by atoms with van der Waals surface area (Å²) in [6, 6.07) is 0. The van der Waals surface area contributed by atoms with Gasteiger partial charge in [0.25, 0.3) is 0 Å². The lowest BCUT2D eigenvalue weighted by Gasteiger charge is -2.20. The SMILES string of the molecule is CNc1ncnc(N(C)Cc2cnn(C)c2)c1C. The molecule has 2 rings (SSSR count). The van der Waals surface area contributed by atoms with Crippen molar-refractivity contribution in [2.75, 3.05) is 24.3 Å². The maximum atomic E-state index is 4.34. The third-order valence-electron chi connectivity index (χ3n) is 2.83. The van der Waals surface area contributed by atoms with Gasteiger partial charge in [0.15, 0.2) is 0 Å². The summed E-state index contributed by atoms with van der Waals surface area (Å²) in [6.45, 7) is 2.79. The minimum atomic E-state index is 0.773. The molecule has 18 heavy (non-hydrogen) atoms. The molecule has 6 nitrogen and oxygen atoms in total. The largest absolute Gasteiger partial charge is 0.373 e. The van der Waals surface area contributed by atoms with E-state index in [1.807, 2.05) is 40.5 Å². The van der Waals surface area contributed by atoms with Crippen LogP contribution in [0, 0.1) is 6.92 Å². The Morgan fingerprint density at radius 3 is 2.78 bits per heavy atom. The van der Waals surface area contributed by atoms with Crippen LogP contribution in [0.2, 0.25) is 0 Å². The van der Waals surface area contributed by atoms with Crippen molar-refractivity contribution in [2.45, 2.75) is 13.5 Å². The van der Waals surface area contributed by atoms with E-state index in [4.69, 9.17) is 0 Å². The van der Waals surface area contributed by atoms with Crippen molar-refractivity contribution in [2.24, 2.45) is 7.05 Å². The first kappa shape index (κ1) is 12.3. The molecule has 0 aliphatic heterocycles. The molecule has 96 valence electrons. The molecule has 0 atom stereocenters. The van der Waals surface area contributed by atoms with E-state index in [9.17, 15) is 0 Å². The number of hydrogen-bond donors (Lipinski definition) is 1. The molecule has 0 radical (unpaired) electrons. The fourth-order valence-corrected chi connectivity index (χ4v) is 1.98. The van der Waals surface area contributed by atoms with Gasteiger partial charge in [-0.1, -0.05) is 0 Å². The number of nitrogens with one attached hydrogen (secondary N) is 1. The second-order valence-electron chi connectivity index (χ2n) is 4.30. The second kappa shape index (κ2) is 5.03. The van der Waals surface area contributed by atoms with Gasteiger partial charge in [-0.05, 0) is 6.92 Å². The average Bonchev–Trinajstić information content (AvgIpc) is 2.75. The van der Waals surface area contributed by atoms with Crippen molar-refractivity contribution in [1.82, 2.24) is 19.7 Å². The van der Waals surface area contributed by atoms with Crippen molar-refractivity contribution >= 4 is 11.6 Å². The molecule has 0 spiro atoms. The van der Waals surface area contributed by atoms with Crippen LogP contribution in [-0.4, -0.2) is 33.8 Å². The van der Waals surface area contributed by atoms with E-state index in [-0.39, 0.29) is 0 Å². The third kappa shape index (κ3) is 2.42. The molecule has 0 fully saturated rings. The van der Waals surface area contributed by atoms with Crippen molar-refractivity contribution in [3.05, 3.63) is 29.8 Å². The van der Waals surface area contributed by atoms with Gasteiger partial charge >= 0.3 is 0 Å². The summed E-state index contributed by atoms with van der Waals surface area (Å²) in [4.78, 5) is 10.6. The Kier molecular flexibility index (Phi) is 3.45. The maximum Gasteiger partial charge on any atom is 0.137 e. The summed E-state index contributed by atoms with van der Waals surface area (Å²) < 4.78 is 1.80. The highest BCUT2D eigenvalue weighted by molar-refractivity contribution is 5.57. The molecule has 0 aliphatic carbocycles. The molecular weight excluding hydrogens is 228 g/mol. The molecule has 0 aromatic carbocycles. The zero-order chi connectivity index (χ0) is 13.1. The van der Waals surface area contributed by atoms with E-state index in [0.717, 1.165) is 29.3 Å². The smallest absolute Gasteiger partial charge is 0.137 e. The second-order valence-corrected chi connectivity index (χ2v) is 4.30. The first-order chi connectivity index (χ1) is 8.61. The van der Waals surface area contributed by atoms with Crippen LogP contribution >= 0.6 is 0 Å². The molecule has 0 bridgehead atoms. The van der Waals surface area contributed by atoms with Crippen LogP contribution in [0.25, 0.3) is 0 Å². The Labute approximate surface area is 107 Å². The van der Waals surface area contributed by atoms with E-state index >= 15 is 0 Å². The van der Waals surface area contributed by atoms with E-state index in [1.165, 1.54) is 0 Å². The quantitative estimate of drug-likeness (QED) is 0.878. The average molecular weight is 246 g/mol. The molecule has 0 amide bonds. The fourth-order valence-electron chi connectivity index (χ4n) is 1.98. The standard InChI is InChI=1S/C12H18N6/c1-9-11(13-2)14-8-15-12(9)17(3)6-10-5-16-18(4)7-10/h5,7-8H,6H2,1-4H3,(H,13,14,15). The minimum Gasteiger partial charge on any atom is -0.373 e. The topological polar surface area (TPSA) is 58.9 Å². The van der Waals surface area contributed by atoms with Gasteiger partial charge in [0, 0.05) is 45.0 Å². The first-order valence-electron chi connectivity index (χ1n) is 5.80. The van der Waals surface area contributed by atoms with Gasteiger partial charge in [-0.2, -0.15) is 5.10 Å². The fraction of sp³-hybridized carbons (Fsp3) is 0.417. The van der Waals surface area contributed by atoms with Crippen LogP contribution in [0.3, 0.4) is 0 Å². The summed E-state index contributed by atoms with van der Waals surface area (Å²) in [6.07, 6.45) is 5.45. The van der Waals surface area contributed by atoms with Crippen LogP contribution in [0.1, 0.15) is 11.1 Å². The molecule has 2 aromatic heterocycles. The van der Waals surface area contributed by atoms with E-state index in [0.29, 0.717) is 0 Å². The lowest BCUT2D eigenvalue weighted by atomic mass is 10.2. The number of aromatic nitrogens is 4. The molecule has 1 N–H and O–H groups in total. The summed E-state index contributed by atoms with van der Waals surface area (Å²) in [7, 11) is 5.79. The summed E-state index contributed by atoms with van der Waals surface area (Å²) in [5.74, 6) is 1.79. The van der Waals surface area contributed by atoms with Gasteiger partial charge in [0.2, 0.25) is 0 Å². The van der Waals surface area contributed by atoms with Crippen molar-refractivity contribution in [3.8, 4) is 0 Å². The van der Waals surface area contributed by atoms with E-state index < -0.39 is 0 Å². The van der Waals surface area contributed by atoms with Crippen LogP contribution in [0.4, 0.5) is 11.6 Å². The predicted molar refractivity (Wildman–Crippen MR) is 71.6 cm³/mol. The highest BCUT2D eigenvalue weighted by Crippen LogP contribution is 2.21. The summed E-state index contributed by atoms with van der Waals surface area (Å²) in [5.41, 5.74) is 2.20. The molecule has 6 heteroatoms. The zero-order valence-corrected chi connectivity index (χ0v) is 11.2. The molecule has 0 aliphatic rings. The Hall–Kier alpha value is -2.11. The summed E-state index contributed by atoms with van der Waals surface area (Å²) >= 11 is 0. The van der Waals surface area contributed by atoms with Crippen LogP contribution in [0.5, 0.6) is 0 Å².